The van der Waals surface area contributed by atoms with Gasteiger partial charge in [-0.25, -0.2) is 4.98 Å². The monoisotopic (exact) mass is 549 g/mol. The largest absolute Gasteiger partial charge is 0.355 e. The minimum Gasteiger partial charge on any atom is -0.355 e. The molecule has 6 nitrogen and oxygen atoms in total. The van der Waals surface area contributed by atoms with E-state index in [0.717, 1.165) is 5.69 Å². The number of hydrogen-bond acceptors (Lipinski definition) is 4. The molecule has 0 aliphatic heterocycles. The predicted octanol–water partition coefficient (Wildman–Crippen LogP) is 3.80. The number of nitrogens with one attached hydrogen (secondary N) is 3. The fourth-order valence-corrected chi connectivity index (χ4v) is 3.89. The lowest BCUT2D eigenvalue weighted by molar-refractivity contribution is 0.0957. The summed E-state index contributed by atoms with van der Waals surface area (Å²) < 4.78 is 0. The van der Waals surface area contributed by atoms with Gasteiger partial charge >= 0.3 is 0 Å². The van der Waals surface area contributed by atoms with E-state index < -0.39 is 0 Å². The van der Waals surface area contributed by atoms with Crippen molar-refractivity contribution in [2.24, 2.45) is 4.99 Å². The average molecular weight is 549 g/mol. The molecule has 2 aromatic carbocycles. The lowest BCUT2D eigenvalue weighted by atomic mass is 9.91. The van der Waals surface area contributed by atoms with Gasteiger partial charge in [-0.05, 0) is 18.1 Å². The van der Waals surface area contributed by atoms with Crippen LogP contribution in [-0.4, -0.2) is 43.5 Å². The molecule has 31 heavy (non-hydrogen) atoms. The van der Waals surface area contributed by atoms with Crippen molar-refractivity contribution in [1.82, 2.24) is 20.9 Å². The maximum Gasteiger partial charge on any atom is 0.263 e. The molecule has 8 heteroatoms. The molecule has 0 saturated carbocycles. The average Bonchev–Trinajstić information content (AvgIpc) is 3.22. The van der Waals surface area contributed by atoms with E-state index in [1.54, 1.807) is 12.6 Å². The molecule has 1 amide bonds. The number of nitrogens with zero attached hydrogens (tertiary/aromatic N) is 2. The van der Waals surface area contributed by atoms with E-state index in [1.807, 2.05) is 19.1 Å². The number of benzene rings is 2. The van der Waals surface area contributed by atoms with Crippen LogP contribution in [0, 0.1) is 6.92 Å². The summed E-state index contributed by atoms with van der Waals surface area (Å²) in [6.45, 7) is 3.62. The topological polar surface area (TPSA) is 78.4 Å². The highest BCUT2D eigenvalue weighted by atomic mass is 127. The van der Waals surface area contributed by atoms with Gasteiger partial charge in [0.15, 0.2) is 5.96 Å². The number of carbonyl (C=O) groups excluding carboxylic acids is 1. The molecule has 0 fully saturated rings. The van der Waals surface area contributed by atoms with Crippen LogP contribution in [0.4, 0.5) is 0 Å². The summed E-state index contributed by atoms with van der Waals surface area (Å²) in [5.41, 5.74) is 4.94. The molecule has 3 aromatic rings. The van der Waals surface area contributed by atoms with Crippen LogP contribution in [0.1, 0.15) is 32.4 Å². The Morgan fingerprint density at radius 1 is 0.968 bits per heavy atom. The molecule has 164 valence electrons. The Bertz CT molecular complexity index is 923. The van der Waals surface area contributed by atoms with Crippen LogP contribution in [-0.2, 0) is 0 Å². The Hall–Kier alpha value is -2.46. The van der Waals surface area contributed by atoms with Gasteiger partial charge in [0, 0.05) is 32.6 Å². The van der Waals surface area contributed by atoms with Crippen molar-refractivity contribution in [3.05, 3.63) is 87.9 Å². The third-order valence-electron chi connectivity index (χ3n) is 4.76. The summed E-state index contributed by atoms with van der Waals surface area (Å²) in [7, 11) is 1.74. The standard InChI is InChI=1S/C23H27N5OS.HI/c1-17-21(30-16-28-17)22(29)25-13-14-26-23(24-2)27-15-20(18-9-5-3-6-10-18)19-11-7-4-8-12-19;/h3-12,16,20H,13-15H2,1-2H3,(H,25,29)(H2,24,26,27);1H. The highest BCUT2D eigenvalue weighted by molar-refractivity contribution is 14.0. The SMILES string of the molecule is CN=C(NCCNC(=O)c1scnc1C)NCC(c1ccccc1)c1ccccc1.I. The van der Waals surface area contributed by atoms with E-state index in [2.05, 4.69) is 74.5 Å². The Morgan fingerprint density at radius 3 is 2.06 bits per heavy atom. The van der Waals surface area contributed by atoms with Crippen LogP contribution in [0.2, 0.25) is 0 Å². The van der Waals surface area contributed by atoms with E-state index in [9.17, 15) is 4.79 Å². The fraction of sp³-hybridized carbons (Fsp3) is 0.261. The van der Waals surface area contributed by atoms with E-state index in [0.29, 0.717) is 30.5 Å². The lowest BCUT2D eigenvalue weighted by Crippen LogP contribution is -2.42. The van der Waals surface area contributed by atoms with Crippen molar-refractivity contribution >= 4 is 47.2 Å². The molecule has 0 atom stereocenters. The van der Waals surface area contributed by atoms with Crippen LogP contribution in [0.25, 0.3) is 0 Å². The number of aryl methyl sites for hydroxylation is 1. The summed E-state index contributed by atoms with van der Waals surface area (Å²) in [4.78, 5) is 21.2. The van der Waals surface area contributed by atoms with Gasteiger partial charge in [-0.1, -0.05) is 60.7 Å². The van der Waals surface area contributed by atoms with Gasteiger partial charge in [0.05, 0.1) is 11.2 Å². The molecule has 0 unspecified atom stereocenters. The third-order valence-corrected chi connectivity index (χ3v) is 5.68. The zero-order valence-corrected chi connectivity index (χ0v) is 20.8. The Balaban J connectivity index is 0.00000341. The summed E-state index contributed by atoms with van der Waals surface area (Å²) in [6, 6.07) is 20.9. The van der Waals surface area contributed by atoms with Gasteiger partial charge in [-0.3, -0.25) is 9.79 Å². The number of guanidine groups is 1. The molecule has 1 heterocycles. The third kappa shape index (κ3) is 7.32. The normalized spacial score (nSPS) is 11.0. The highest BCUT2D eigenvalue weighted by Crippen LogP contribution is 2.23. The first-order valence-corrected chi connectivity index (χ1v) is 10.8. The zero-order valence-electron chi connectivity index (χ0n) is 17.7. The first-order valence-electron chi connectivity index (χ1n) is 9.91. The second-order valence-corrected chi connectivity index (χ2v) is 7.63. The maximum absolute atomic E-state index is 12.2. The number of halogens is 1. The predicted molar refractivity (Wildman–Crippen MR) is 139 cm³/mol. The minimum absolute atomic E-state index is 0. The molecule has 0 aliphatic carbocycles. The van der Waals surface area contributed by atoms with Crippen molar-refractivity contribution in [1.29, 1.82) is 0 Å². The van der Waals surface area contributed by atoms with Crippen LogP contribution < -0.4 is 16.0 Å². The van der Waals surface area contributed by atoms with Crippen molar-refractivity contribution in [2.75, 3.05) is 26.7 Å². The molecule has 3 rings (SSSR count). The number of aromatic nitrogens is 1. The number of amides is 1. The van der Waals surface area contributed by atoms with E-state index in [4.69, 9.17) is 0 Å². The fourth-order valence-electron chi connectivity index (χ4n) is 3.18. The Labute approximate surface area is 204 Å². The molecule has 0 bridgehead atoms. The van der Waals surface area contributed by atoms with Gasteiger partial charge in [0.1, 0.15) is 4.88 Å². The van der Waals surface area contributed by atoms with E-state index in [1.165, 1.54) is 22.5 Å². The highest BCUT2D eigenvalue weighted by Gasteiger charge is 2.14. The van der Waals surface area contributed by atoms with Crippen molar-refractivity contribution in [3.63, 3.8) is 0 Å². The van der Waals surface area contributed by atoms with Crippen LogP contribution in [0.15, 0.2) is 71.2 Å². The van der Waals surface area contributed by atoms with E-state index in [-0.39, 0.29) is 35.8 Å². The minimum atomic E-state index is -0.0898. The van der Waals surface area contributed by atoms with Crippen molar-refractivity contribution < 1.29 is 4.79 Å². The van der Waals surface area contributed by atoms with Crippen LogP contribution in [0.5, 0.6) is 0 Å². The first-order chi connectivity index (χ1) is 14.7. The second-order valence-electron chi connectivity index (χ2n) is 6.78. The molecular formula is C23H28IN5OS. The smallest absolute Gasteiger partial charge is 0.263 e. The van der Waals surface area contributed by atoms with Crippen LogP contribution in [0.3, 0.4) is 0 Å². The summed E-state index contributed by atoms with van der Waals surface area (Å²) >= 11 is 1.35. The van der Waals surface area contributed by atoms with Crippen molar-refractivity contribution in [2.45, 2.75) is 12.8 Å². The molecule has 3 N–H and O–H groups in total. The molecular weight excluding hydrogens is 521 g/mol. The molecule has 0 spiro atoms. The summed E-state index contributed by atoms with van der Waals surface area (Å²) in [5, 5.41) is 9.57. The lowest BCUT2D eigenvalue weighted by Gasteiger charge is -2.20. The summed E-state index contributed by atoms with van der Waals surface area (Å²) in [5.74, 6) is 0.822. The van der Waals surface area contributed by atoms with Gasteiger partial charge in [-0.15, -0.1) is 35.3 Å². The quantitative estimate of drug-likeness (QED) is 0.173. The number of thiazole rings is 1. The number of rotatable bonds is 8. The number of carbonyl (C=O) groups is 1. The molecule has 0 radical (unpaired) electrons. The number of hydrogen-bond donors (Lipinski definition) is 3. The molecule has 1 aromatic heterocycles. The Morgan fingerprint density at radius 2 is 1.55 bits per heavy atom. The van der Waals surface area contributed by atoms with Gasteiger partial charge < -0.3 is 16.0 Å². The molecule has 0 saturated heterocycles. The van der Waals surface area contributed by atoms with Gasteiger partial charge in [-0.2, -0.15) is 0 Å². The van der Waals surface area contributed by atoms with Gasteiger partial charge in [0.25, 0.3) is 5.91 Å². The van der Waals surface area contributed by atoms with Crippen LogP contribution >= 0.6 is 35.3 Å². The Kier molecular flexibility index (Phi) is 10.5. The van der Waals surface area contributed by atoms with Gasteiger partial charge in [0.2, 0.25) is 0 Å². The zero-order chi connectivity index (χ0) is 21.2. The summed E-state index contributed by atoms with van der Waals surface area (Å²) in [6.07, 6.45) is 0. The molecule has 0 aliphatic rings. The first kappa shape index (κ1) is 24.8. The number of aliphatic imine (C=N–C) groups is 1. The van der Waals surface area contributed by atoms with E-state index >= 15 is 0 Å². The second kappa shape index (κ2) is 13.1. The van der Waals surface area contributed by atoms with Crippen molar-refractivity contribution in [3.8, 4) is 0 Å². The maximum atomic E-state index is 12.2.